The van der Waals surface area contributed by atoms with Crippen molar-refractivity contribution in [3.63, 3.8) is 0 Å². The van der Waals surface area contributed by atoms with Crippen molar-refractivity contribution in [3.05, 3.63) is 82.0 Å². The average molecular weight is 923 g/mol. The van der Waals surface area contributed by atoms with Crippen LogP contribution in [0.25, 0.3) is 0 Å². The molecule has 0 unspecified atom stereocenters. The summed E-state index contributed by atoms with van der Waals surface area (Å²) in [6.45, 7) is 18.7. The van der Waals surface area contributed by atoms with Gasteiger partial charge in [0.05, 0.1) is 44.5 Å². The van der Waals surface area contributed by atoms with Crippen LogP contribution in [0, 0.1) is 17.8 Å². The first-order chi connectivity index (χ1) is 30.0. The molecule has 1 N–H and O–H groups in total. The summed E-state index contributed by atoms with van der Waals surface area (Å²) in [4.78, 5) is 30.4. The Kier molecular flexibility index (Phi) is 14.6. The van der Waals surface area contributed by atoms with E-state index in [0.29, 0.717) is 61.1 Å². The van der Waals surface area contributed by atoms with E-state index < -0.39 is 30.0 Å². The first kappa shape index (κ1) is 47.3. The third kappa shape index (κ3) is 9.95. The Morgan fingerprint density at radius 3 is 2.54 bits per heavy atom. The molecule has 15 heteroatoms. The number of benzene rings is 2. The van der Waals surface area contributed by atoms with Crippen LogP contribution in [0.4, 0.5) is 5.69 Å². The smallest absolute Gasteiger partial charge is 0.286 e. The highest BCUT2D eigenvalue weighted by atomic mass is 35.5. The lowest BCUT2D eigenvalue weighted by molar-refractivity contribution is -0.0247. The number of fused-ring (bicyclic) bond motifs is 4. The van der Waals surface area contributed by atoms with Gasteiger partial charge in [-0.1, -0.05) is 78.3 Å². The number of carbonyl (C=O) groups excluding carboxylic acids is 2. The predicted octanol–water partition coefficient (Wildman–Crippen LogP) is 9.71. The van der Waals surface area contributed by atoms with Gasteiger partial charge in [0, 0.05) is 42.3 Å². The van der Waals surface area contributed by atoms with Gasteiger partial charge in [-0.3, -0.25) is 19.0 Å². The van der Waals surface area contributed by atoms with Crippen molar-refractivity contribution in [2.75, 3.05) is 50.7 Å². The van der Waals surface area contributed by atoms with Crippen LogP contribution in [0.5, 0.6) is 11.6 Å². The number of aryl methyl sites for hydroxylation is 2. The second-order valence-corrected chi connectivity index (χ2v) is 27.3. The highest BCUT2D eigenvalue weighted by Crippen LogP contribution is 2.48. The molecule has 3 aromatic rings. The van der Waals surface area contributed by atoms with E-state index in [1.54, 1.807) is 13.1 Å². The highest BCUT2D eigenvalue weighted by molar-refractivity contribution is 7.92. The fourth-order valence-electron chi connectivity index (χ4n) is 11.2. The van der Waals surface area contributed by atoms with E-state index in [1.165, 1.54) is 29.1 Å². The van der Waals surface area contributed by atoms with Crippen LogP contribution in [0.2, 0.25) is 21.6 Å². The summed E-state index contributed by atoms with van der Waals surface area (Å²) in [5.74, 6) is -0.296. The maximum absolute atomic E-state index is 14.9. The van der Waals surface area contributed by atoms with Gasteiger partial charge in [0.25, 0.3) is 11.8 Å². The van der Waals surface area contributed by atoms with Crippen molar-refractivity contribution >= 4 is 47.3 Å². The minimum absolute atomic E-state index is 0.0543. The molecule has 2 bridgehead atoms. The van der Waals surface area contributed by atoms with Gasteiger partial charge < -0.3 is 23.5 Å². The number of amides is 2. The second-order valence-electron chi connectivity index (χ2n) is 19.4. The van der Waals surface area contributed by atoms with Gasteiger partial charge in [0.15, 0.2) is 8.32 Å². The molecule has 1 aromatic heterocycles. The van der Waals surface area contributed by atoms with Crippen LogP contribution in [0.15, 0.2) is 59.1 Å². The molecule has 3 heterocycles. The van der Waals surface area contributed by atoms with Crippen LogP contribution in [-0.2, 0) is 38.0 Å². The Bertz CT molecular complexity index is 2280. The normalized spacial score (nSPS) is 26.9. The number of methoxy groups -OCH3 is 1. The van der Waals surface area contributed by atoms with Gasteiger partial charge in [-0.2, -0.15) is 0 Å². The SMILES string of the molecule is COc1nn(C)cc1C(=O)N[S@@]1(=O)=NC(=O)c2ccc3c(c2)N(C[C@@H]2CC[C@H]2[C@@H](OCCO[Si](C(C)C)(C(C)C)C(C)C)/C=C/C[C@H](C)C1)C[C@@]1(CCCc2cc(Cl)ccc21)CO3. The number of aromatic nitrogens is 2. The van der Waals surface area contributed by atoms with Crippen LogP contribution in [0.3, 0.4) is 0 Å². The summed E-state index contributed by atoms with van der Waals surface area (Å²) in [5.41, 5.74) is 4.80. The van der Waals surface area contributed by atoms with Gasteiger partial charge in [-0.05, 0) is 114 Å². The lowest BCUT2D eigenvalue weighted by atomic mass is 9.68. The van der Waals surface area contributed by atoms with Crippen LogP contribution in [0.1, 0.15) is 112 Å². The molecule has 63 heavy (non-hydrogen) atoms. The molecule has 2 aliphatic carbocycles. The van der Waals surface area contributed by atoms with Gasteiger partial charge in [0.2, 0.25) is 5.88 Å². The van der Waals surface area contributed by atoms with E-state index in [1.807, 2.05) is 25.1 Å². The molecule has 1 spiro atoms. The van der Waals surface area contributed by atoms with Gasteiger partial charge in [-0.15, -0.1) is 9.46 Å². The molecular formula is C48H68ClN5O7SSi. The van der Waals surface area contributed by atoms with E-state index in [0.717, 1.165) is 49.4 Å². The molecule has 4 aliphatic rings. The van der Waals surface area contributed by atoms with Gasteiger partial charge in [0.1, 0.15) is 21.2 Å². The molecule has 1 saturated carbocycles. The zero-order chi connectivity index (χ0) is 45.3. The predicted molar refractivity (Wildman–Crippen MR) is 253 cm³/mol. The number of hydrogen-bond acceptors (Lipinski definition) is 9. The van der Waals surface area contributed by atoms with Crippen molar-refractivity contribution in [2.45, 2.75) is 115 Å². The summed E-state index contributed by atoms with van der Waals surface area (Å²) in [6, 6.07) is 11.6. The first-order valence-corrected chi connectivity index (χ1v) is 27.1. The van der Waals surface area contributed by atoms with Crippen molar-refractivity contribution in [1.82, 2.24) is 14.5 Å². The van der Waals surface area contributed by atoms with Crippen molar-refractivity contribution in [1.29, 1.82) is 0 Å². The number of allylic oxidation sites excluding steroid dienone is 1. The molecule has 1 fully saturated rings. The molecule has 2 aliphatic heterocycles. The number of nitrogens with one attached hydrogen (secondary N) is 1. The van der Waals surface area contributed by atoms with E-state index in [9.17, 15) is 13.8 Å². The summed E-state index contributed by atoms with van der Waals surface area (Å²) >= 11 is 6.54. The Hall–Kier alpha value is -3.69. The van der Waals surface area contributed by atoms with Crippen molar-refractivity contribution in [2.24, 2.45) is 29.2 Å². The molecule has 2 aromatic carbocycles. The summed E-state index contributed by atoms with van der Waals surface area (Å²) < 4.78 is 49.2. The maximum atomic E-state index is 14.9. The zero-order valence-corrected chi connectivity index (χ0v) is 41.2. The summed E-state index contributed by atoms with van der Waals surface area (Å²) in [7, 11) is -2.66. The zero-order valence-electron chi connectivity index (χ0n) is 38.7. The number of halogens is 1. The number of nitrogens with zero attached hydrogens (tertiary/aromatic N) is 4. The molecule has 6 atom stereocenters. The summed E-state index contributed by atoms with van der Waals surface area (Å²) in [6.07, 6.45) is 11.2. The quantitative estimate of drug-likeness (QED) is 0.113. The minimum Gasteiger partial charge on any atom is -0.490 e. The number of anilines is 1. The standard InChI is InChI=1S/C48H68ClN5O7SSi/c1-31(2)63(32(3)4,33(5)6)61-23-22-59-43-14-10-12-34(7)28-62(57,52-46(56)40-27-53(8)50-47(40)58-9)51-45(55)36-16-20-44-42(25-36)54(26-37-15-18-39(37)43)29-48(30-60-44)21-11-13-35-24-38(49)17-19-41(35)48/h10,14,16-17,19-20,24-25,27,31-34,37,39,43H,11-13,15,18,21-23,26,28-30H2,1-9H3,(H,51,52,55,56,57)/b14-10+/t34-,37-,39+,43-,48-,62-/m0/s1. The Morgan fingerprint density at radius 2 is 1.84 bits per heavy atom. The Balaban J connectivity index is 1.26. The number of hydrogen-bond donors (Lipinski definition) is 1. The largest absolute Gasteiger partial charge is 0.490 e. The molecule has 344 valence electrons. The van der Waals surface area contributed by atoms with Gasteiger partial charge >= 0.3 is 0 Å². The third-order valence-corrected chi connectivity index (χ3v) is 22.5. The molecule has 2 amide bonds. The molecule has 0 saturated heterocycles. The van der Waals surface area contributed by atoms with Crippen LogP contribution in [-0.4, -0.2) is 86.0 Å². The van der Waals surface area contributed by atoms with Crippen LogP contribution >= 0.6 is 11.6 Å². The monoisotopic (exact) mass is 921 g/mol. The topological polar surface area (TPSA) is 134 Å². The minimum atomic E-state index is -3.65. The number of rotatable bonds is 11. The Morgan fingerprint density at radius 1 is 1.08 bits per heavy atom. The molecule has 12 nitrogen and oxygen atoms in total. The first-order valence-electron chi connectivity index (χ1n) is 22.9. The summed E-state index contributed by atoms with van der Waals surface area (Å²) in [5, 5.41) is 4.93. The van der Waals surface area contributed by atoms with E-state index in [-0.39, 0.29) is 46.1 Å². The third-order valence-electron chi connectivity index (χ3n) is 14.2. The van der Waals surface area contributed by atoms with E-state index in [2.05, 4.69) is 84.9 Å². The molecule has 0 radical (unpaired) electrons. The van der Waals surface area contributed by atoms with Crippen molar-refractivity contribution < 1.29 is 32.4 Å². The molecule has 7 rings (SSSR count). The van der Waals surface area contributed by atoms with Crippen molar-refractivity contribution in [3.8, 4) is 11.6 Å². The lowest BCUT2D eigenvalue weighted by Crippen LogP contribution is -2.50. The average Bonchev–Trinajstić information content (AvgIpc) is 3.53. The highest BCUT2D eigenvalue weighted by Gasteiger charge is 2.46. The number of ether oxygens (including phenoxy) is 3. The second kappa shape index (κ2) is 19.4. The Labute approximate surface area is 381 Å². The fourth-order valence-corrected chi connectivity index (χ4v) is 18.7. The van der Waals surface area contributed by atoms with E-state index in [4.69, 9.17) is 30.2 Å². The van der Waals surface area contributed by atoms with Crippen LogP contribution < -0.4 is 19.1 Å². The maximum Gasteiger partial charge on any atom is 0.286 e. The number of carbonyl (C=O) groups is 2. The fraction of sp³-hybridized carbons (Fsp3) is 0.604. The van der Waals surface area contributed by atoms with Gasteiger partial charge in [-0.25, -0.2) is 4.21 Å². The van der Waals surface area contributed by atoms with E-state index >= 15 is 0 Å². The molecular weight excluding hydrogens is 854 g/mol. The lowest BCUT2D eigenvalue weighted by Gasteiger charge is -2.46.